The molecule has 0 spiro atoms. The largest absolute Gasteiger partial charge is 0.400 e. The van der Waals surface area contributed by atoms with Crippen molar-refractivity contribution in [2.45, 2.75) is 34.6 Å². The summed E-state index contributed by atoms with van der Waals surface area (Å²) in [7, 11) is 0. The molecule has 0 aliphatic rings. The first-order valence-electron chi connectivity index (χ1n) is 6.76. The Balaban J connectivity index is 5.61. The number of nitrogens with zero attached hydrogens (tertiary/aromatic N) is 1. The number of hydrogen-bond acceptors (Lipinski definition) is 2. The lowest BCUT2D eigenvalue weighted by Crippen LogP contribution is -1.97. The van der Waals surface area contributed by atoms with Crippen molar-refractivity contribution in [2.24, 2.45) is 10.7 Å². The van der Waals surface area contributed by atoms with Crippen molar-refractivity contribution in [2.75, 3.05) is 0 Å². The van der Waals surface area contributed by atoms with Crippen LogP contribution in [0.3, 0.4) is 0 Å². The van der Waals surface area contributed by atoms with E-state index in [1.165, 1.54) is 6.92 Å². The molecule has 0 saturated heterocycles. The summed E-state index contributed by atoms with van der Waals surface area (Å²) < 4.78 is 13.4. The van der Waals surface area contributed by atoms with Crippen LogP contribution in [0.15, 0.2) is 75.9 Å². The third kappa shape index (κ3) is 6.21. The zero-order chi connectivity index (χ0) is 16.6. The maximum atomic E-state index is 13.4. The van der Waals surface area contributed by atoms with Gasteiger partial charge >= 0.3 is 0 Å². The van der Waals surface area contributed by atoms with E-state index >= 15 is 0 Å². The zero-order valence-electron chi connectivity index (χ0n) is 13.6. The molecule has 0 aromatic rings. The van der Waals surface area contributed by atoms with Gasteiger partial charge in [0.25, 0.3) is 0 Å². The van der Waals surface area contributed by atoms with Gasteiger partial charge in [-0.05, 0) is 40.2 Å². The van der Waals surface area contributed by atoms with Crippen molar-refractivity contribution in [3.8, 4) is 0 Å². The fraction of sp³-hybridized carbons (Fsp3) is 0.278. The molecule has 0 fully saturated rings. The minimum Gasteiger partial charge on any atom is -0.400 e. The van der Waals surface area contributed by atoms with E-state index in [9.17, 15) is 4.39 Å². The molecule has 0 aromatic heterocycles. The molecule has 0 rings (SSSR count). The van der Waals surface area contributed by atoms with Crippen molar-refractivity contribution in [3.05, 3.63) is 70.9 Å². The molecule has 114 valence electrons. The molecule has 0 saturated carbocycles. The molecule has 0 bridgehead atoms. The van der Waals surface area contributed by atoms with Gasteiger partial charge in [-0.1, -0.05) is 42.5 Å². The van der Waals surface area contributed by atoms with E-state index in [1.54, 1.807) is 0 Å². The lowest BCUT2D eigenvalue weighted by Gasteiger charge is -2.12. The van der Waals surface area contributed by atoms with Crippen LogP contribution in [-0.2, 0) is 0 Å². The molecule has 21 heavy (non-hydrogen) atoms. The van der Waals surface area contributed by atoms with Crippen LogP contribution in [0.4, 0.5) is 4.39 Å². The van der Waals surface area contributed by atoms with Crippen LogP contribution < -0.4 is 5.73 Å². The number of nitrogens with two attached hydrogens (primary N) is 1. The smallest absolute Gasteiger partial charge is 0.159 e. The van der Waals surface area contributed by atoms with Gasteiger partial charge in [0.15, 0.2) is 5.83 Å². The predicted molar refractivity (Wildman–Crippen MR) is 91.7 cm³/mol. The highest BCUT2D eigenvalue weighted by Crippen LogP contribution is 2.26. The van der Waals surface area contributed by atoms with Gasteiger partial charge in [0, 0.05) is 11.3 Å². The minimum atomic E-state index is -0.558. The van der Waals surface area contributed by atoms with Gasteiger partial charge in [-0.15, -0.1) is 0 Å². The van der Waals surface area contributed by atoms with Crippen molar-refractivity contribution in [1.82, 2.24) is 0 Å². The van der Waals surface area contributed by atoms with Gasteiger partial charge in [-0.3, -0.25) is 4.99 Å². The van der Waals surface area contributed by atoms with E-state index in [-0.39, 0.29) is 5.70 Å². The van der Waals surface area contributed by atoms with Crippen molar-refractivity contribution in [3.63, 3.8) is 0 Å². The SMILES string of the molecule is C=C(C)C(=C\C(C)=C/C)/C(=C\C)C(=C)/N=C\C(F)=C(/C)N. The molecule has 0 amide bonds. The number of halogens is 1. The first kappa shape index (κ1) is 18.8. The Labute approximate surface area is 127 Å². The molecule has 0 heterocycles. The number of allylic oxidation sites excluding steroid dienone is 8. The summed E-state index contributed by atoms with van der Waals surface area (Å²) in [4.78, 5) is 4.05. The summed E-state index contributed by atoms with van der Waals surface area (Å²) >= 11 is 0. The number of aliphatic imine (C=N–C) groups is 1. The van der Waals surface area contributed by atoms with E-state index in [0.29, 0.717) is 5.70 Å². The third-order valence-electron chi connectivity index (χ3n) is 2.89. The molecule has 0 radical (unpaired) electrons. The average Bonchev–Trinajstić information content (AvgIpc) is 2.43. The zero-order valence-corrected chi connectivity index (χ0v) is 13.6. The van der Waals surface area contributed by atoms with E-state index in [2.05, 4.69) is 18.2 Å². The van der Waals surface area contributed by atoms with Crippen LogP contribution in [-0.4, -0.2) is 6.21 Å². The second-order valence-corrected chi connectivity index (χ2v) is 4.81. The first-order valence-corrected chi connectivity index (χ1v) is 6.76. The molecule has 0 aliphatic heterocycles. The molecule has 2 N–H and O–H groups in total. The number of hydrogen-bond donors (Lipinski definition) is 1. The molecule has 0 aliphatic carbocycles. The van der Waals surface area contributed by atoms with Gasteiger partial charge < -0.3 is 5.73 Å². The highest BCUT2D eigenvalue weighted by Gasteiger charge is 2.09. The number of rotatable bonds is 6. The van der Waals surface area contributed by atoms with Gasteiger partial charge in [0.1, 0.15) is 0 Å². The van der Waals surface area contributed by atoms with Gasteiger partial charge in [0.05, 0.1) is 11.9 Å². The van der Waals surface area contributed by atoms with Crippen LogP contribution in [0.5, 0.6) is 0 Å². The second-order valence-electron chi connectivity index (χ2n) is 4.81. The van der Waals surface area contributed by atoms with E-state index in [0.717, 1.165) is 28.5 Å². The van der Waals surface area contributed by atoms with Crippen molar-refractivity contribution >= 4 is 6.21 Å². The maximum absolute atomic E-state index is 13.4. The molecular formula is C18H25FN2. The summed E-state index contributed by atoms with van der Waals surface area (Å²) in [5, 5.41) is 0. The van der Waals surface area contributed by atoms with Crippen LogP contribution in [0.25, 0.3) is 0 Å². The second kappa shape index (κ2) is 8.90. The molecule has 3 heteroatoms. The fourth-order valence-corrected chi connectivity index (χ4v) is 1.53. The Morgan fingerprint density at radius 3 is 2.00 bits per heavy atom. The van der Waals surface area contributed by atoms with Crippen molar-refractivity contribution < 1.29 is 4.39 Å². The van der Waals surface area contributed by atoms with Gasteiger partial charge in [-0.2, -0.15) is 0 Å². The summed E-state index contributed by atoms with van der Waals surface area (Å²) in [5.74, 6) is -0.558. The lowest BCUT2D eigenvalue weighted by molar-refractivity contribution is 0.671. The third-order valence-corrected chi connectivity index (χ3v) is 2.89. The van der Waals surface area contributed by atoms with Crippen LogP contribution in [0.2, 0.25) is 0 Å². The Bertz CT molecular complexity index is 566. The predicted octanol–water partition coefficient (Wildman–Crippen LogP) is 5.15. The van der Waals surface area contributed by atoms with Crippen LogP contribution in [0.1, 0.15) is 34.6 Å². The Kier molecular flexibility index (Phi) is 7.99. The summed E-state index contributed by atoms with van der Waals surface area (Å²) in [6, 6.07) is 0. The quantitative estimate of drug-likeness (QED) is 0.533. The van der Waals surface area contributed by atoms with Gasteiger partial charge in [0.2, 0.25) is 0 Å². The summed E-state index contributed by atoms with van der Waals surface area (Å²) in [6.07, 6.45) is 6.99. The van der Waals surface area contributed by atoms with Crippen LogP contribution >= 0.6 is 0 Å². The van der Waals surface area contributed by atoms with E-state index in [1.807, 2.05) is 45.9 Å². The maximum Gasteiger partial charge on any atom is 0.159 e. The van der Waals surface area contributed by atoms with Crippen molar-refractivity contribution in [1.29, 1.82) is 0 Å². The molecule has 2 nitrogen and oxygen atoms in total. The Hall–Kier alpha value is -2.16. The molecule has 0 unspecified atom stereocenters. The molecular weight excluding hydrogens is 263 g/mol. The average molecular weight is 288 g/mol. The first-order chi connectivity index (χ1) is 9.74. The summed E-state index contributed by atoms with van der Waals surface area (Å²) in [5.41, 5.74) is 9.67. The van der Waals surface area contributed by atoms with Crippen LogP contribution in [0, 0.1) is 0 Å². The van der Waals surface area contributed by atoms with E-state index < -0.39 is 5.83 Å². The minimum absolute atomic E-state index is 0.0917. The molecule has 0 aromatic carbocycles. The summed E-state index contributed by atoms with van der Waals surface area (Å²) in [6.45, 7) is 17.1. The molecule has 0 atom stereocenters. The monoisotopic (exact) mass is 288 g/mol. The lowest BCUT2D eigenvalue weighted by atomic mass is 9.95. The fourth-order valence-electron chi connectivity index (χ4n) is 1.53. The topological polar surface area (TPSA) is 38.4 Å². The standard InChI is InChI=1S/C18H25FN2/c1-8-13(5)10-17(12(3)4)16(9-2)15(7)21-11-18(19)14(6)20/h8-11H,3,7,20H2,1-2,4-6H3/b13-8-,16-9-,17-10+,18-14-,21-11-. The highest BCUT2D eigenvalue weighted by atomic mass is 19.1. The highest BCUT2D eigenvalue weighted by molar-refractivity contribution is 5.78. The van der Waals surface area contributed by atoms with E-state index in [4.69, 9.17) is 5.73 Å². The normalized spacial score (nSPS) is 15.2. The Morgan fingerprint density at radius 2 is 1.62 bits per heavy atom. The van der Waals surface area contributed by atoms with Gasteiger partial charge in [-0.25, -0.2) is 4.39 Å². The Morgan fingerprint density at radius 1 is 1.05 bits per heavy atom.